The van der Waals surface area contributed by atoms with E-state index in [0.717, 1.165) is 4.60 Å². The van der Waals surface area contributed by atoms with Gasteiger partial charge in [-0.25, -0.2) is 4.98 Å². The molecular weight excluding hydrogens is 212 g/mol. The number of halogens is 1. The molecule has 2 nitrogen and oxygen atoms in total. The van der Waals surface area contributed by atoms with Crippen LogP contribution in [0.25, 0.3) is 0 Å². The lowest BCUT2D eigenvalue weighted by Crippen LogP contribution is -1.94. The monoisotopic (exact) mass is 220 g/mol. The fourth-order valence-electron chi connectivity index (χ4n) is 0.294. The first-order valence-corrected chi connectivity index (χ1v) is 4.82. The molecule has 1 aromatic rings. The van der Waals surface area contributed by atoms with E-state index in [-0.39, 0.29) is 0 Å². The molecule has 0 aromatic carbocycles. The minimum absolute atomic E-state index is 0.583. The summed E-state index contributed by atoms with van der Waals surface area (Å²) in [5, 5.41) is 1.93. The number of nitrogens with zero attached hydrogens (tertiary/aromatic N) is 1. The number of hydrogen-bond acceptors (Lipinski definition) is 3. The summed E-state index contributed by atoms with van der Waals surface area (Å²) in [6, 6.07) is 0.583. The van der Waals surface area contributed by atoms with Crippen molar-refractivity contribution in [1.82, 2.24) is 4.98 Å². The van der Waals surface area contributed by atoms with E-state index in [2.05, 4.69) is 20.9 Å². The van der Waals surface area contributed by atoms with Crippen molar-refractivity contribution in [2.45, 2.75) is 18.9 Å². The predicted molar refractivity (Wildman–Crippen MR) is 47.0 cm³/mol. The summed E-state index contributed by atoms with van der Waals surface area (Å²) in [4.78, 5) is 3.85. The highest BCUT2D eigenvalue weighted by molar-refractivity contribution is 9.10. The van der Waals surface area contributed by atoms with E-state index >= 15 is 0 Å². The quantitative estimate of drug-likeness (QED) is 0.727. The SMILES string of the molecule is Brc1cscn1.NC1CC1. The van der Waals surface area contributed by atoms with Crippen molar-refractivity contribution in [2.24, 2.45) is 5.73 Å². The Morgan fingerprint density at radius 1 is 1.70 bits per heavy atom. The van der Waals surface area contributed by atoms with Gasteiger partial charge in [-0.1, -0.05) is 0 Å². The van der Waals surface area contributed by atoms with Crippen LogP contribution in [-0.4, -0.2) is 11.0 Å². The van der Waals surface area contributed by atoms with Gasteiger partial charge in [0.05, 0.1) is 5.51 Å². The summed E-state index contributed by atoms with van der Waals surface area (Å²) in [6.07, 6.45) is 2.53. The van der Waals surface area contributed by atoms with Gasteiger partial charge in [0.15, 0.2) is 0 Å². The van der Waals surface area contributed by atoms with E-state index in [1.165, 1.54) is 12.8 Å². The predicted octanol–water partition coefficient (Wildman–Crippen LogP) is 2.01. The van der Waals surface area contributed by atoms with E-state index < -0.39 is 0 Å². The minimum atomic E-state index is 0.583. The Kier molecular flexibility index (Phi) is 3.31. The van der Waals surface area contributed by atoms with Crippen LogP contribution in [0.15, 0.2) is 15.5 Å². The van der Waals surface area contributed by atoms with E-state index in [0.29, 0.717) is 6.04 Å². The molecule has 10 heavy (non-hydrogen) atoms. The van der Waals surface area contributed by atoms with Gasteiger partial charge in [0.2, 0.25) is 0 Å². The Balaban J connectivity index is 0.000000108. The first-order chi connectivity index (χ1) is 4.79. The highest BCUT2D eigenvalue weighted by Crippen LogP contribution is 2.13. The molecule has 2 rings (SSSR count). The van der Waals surface area contributed by atoms with Gasteiger partial charge in [0, 0.05) is 11.4 Å². The van der Waals surface area contributed by atoms with Crippen LogP contribution in [0.3, 0.4) is 0 Å². The second-order valence-corrected chi connectivity index (χ2v) is 3.68. The fourth-order valence-corrected chi connectivity index (χ4v) is 1.26. The highest BCUT2D eigenvalue weighted by Gasteiger charge is 2.13. The largest absolute Gasteiger partial charge is 0.328 e. The van der Waals surface area contributed by atoms with Crippen LogP contribution >= 0.6 is 27.3 Å². The van der Waals surface area contributed by atoms with Crippen LogP contribution in [-0.2, 0) is 0 Å². The van der Waals surface area contributed by atoms with E-state index in [4.69, 9.17) is 5.73 Å². The molecule has 1 aromatic heterocycles. The van der Waals surface area contributed by atoms with Crippen LogP contribution in [0.5, 0.6) is 0 Å². The van der Waals surface area contributed by atoms with Gasteiger partial charge in [0.1, 0.15) is 4.60 Å². The molecule has 0 bridgehead atoms. The fraction of sp³-hybridized carbons (Fsp3) is 0.500. The summed E-state index contributed by atoms with van der Waals surface area (Å²) in [5.74, 6) is 0. The minimum Gasteiger partial charge on any atom is -0.328 e. The zero-order valence-electron chi connectivity index (χ0n) is 5.46. The molecule has 1 fully saturated rings. The third-order valence-corrected chi connectivity index (χ3v) is 2.35. The van der Waals surface area contributed by atoms with Crippen molar-refractivity contribution in [2.75, 3.05) is 0 Å². The van der Waals surface area contributed by atoms with Gasteiger partial charge >= 0.3 is 0 Å². The number of hydrogen-bond donors (Lipinski definition) is 1. The Morgan fingerprint density at radius 3 is 2.40 bits per heavy atom. The molecule has 1 aliphatic rings. The zero-order valence-corrected chi connectivity index (χ0v) is 7.86. The lowest BCUT2D eigenvalue weighted by Gasteiger charge is -1.61. The molecule has 0 atom stereocenters. The molecule has 1 aliphatic carbocycles. The maximum absolute atomic E-state index is 5.22. The Labute approximate surface area is 72.6 Å². The van der Waals surface area contributed by atoms with Crippen molar-refractivity contribution in [3.8, 4) is 0 Å². The number of thiazole rings is 1. The lowest BCUT2D eigenvalue weighted by atomic mass is 10.8. The molecule has 56 valence electrons. The van der Waals surface area contributed by atoms with E-state index in [9.17, 15) is 0 Å². The summed E-state index contributed by atoms with van der Waals surface area (Å²) in [5.41, 5.74) is 7.00. The topological polar surface area (TPSA) is 38.9 Å². The smallest absolute Gasteiger partial charge is 0.116 e. The maximum Gasteiger partial charge on any atom is 0.116 e. The Morgan fingerprint density at radius 2 is 2.30 bits per heavy atom. The molecule has 1 heterocycles. The van der Waals surface area contributed by atoms with Crippen LogP contribution in [0.4, 0.5) is 0 Å². The molecule has 0 spiro atoms. The standard InChI is InChI=1S/C3H2BrNS.C3H7N/c4-3-1-6-2-5-3;4-3-1-2-3/h1-2H;3H,1-2,4H2. The highest BCUT2D eigenvalue weighted by atomic mass is 79.9. The second kappa shape index (κ2) is 4.05. The molecular formula is C6H9BrN2S. The third-order valence-electron chi connectivity index (χ3n) is 1.02. The van der Waals surface area contributed by atoms with Crippen molar-refractivity contribution < 1.29 is 0 Å². The van der Waals surface area contributed by atoms with Crippen LogP contribution in [0, 0.1) is 0 Å². The van der Waals surface area contributed by atoms with Crippen molar-refractivity contribution in [1.29, 1.82) is 0 Å². The van der Waals surface area contributed by atoms with Gasteiger partial charge in [-0.15, -0.1) is 11.3 Å². The maximum atomic E-state index is 5.22. The Bertz CT molecular complexity index is 172. The van der Waals surface area contributed by atoms with Crippen LogP contribution < -0.4 is 5.73 Å². The average Bonchev–Trinajstić information content (AvgIpc) is 2.50. The lowest BCUT2D eigenvalue weighted by molar-refractivity contribution is 1.07. The Hall–Kier alpha value is 0.0700. The first kappa shape index (κ1) is 8.17. The summed E-state index contributed by atoms with van der Waals surface area (Å²) >= 11 is 4.76. The molecule has 1 saturated carbocycles. The summed E-state index contributed by atoms with van der Waals surface area (Å²) < 4.78 is 0.924. The molecule has 0 aliphatic heterocycles. The van der Waals surface area contributed by atoms with E-state index in [1.54, 1.807) is 16.8 Å². The molecule has 2 N–H and O–H groups in total. The molecule has 0 amide bonds. The molecule has 0 saturated heterocycles. The van der Waals surface area contributed by atoms with Gasteiger partial charge in [-0.05, 0) is 28.8 Å². The molecule has 0 radical (unpaired) electrons. The normalized spacial score (nSPS) is 15.8. The van der Waals surface area contributed by atoms with Gasteiger partial charge < -0.3 is 5.73 Å². The van der Waals surface area contributed by atoms with Crippen molar-refractivity contribution in [3.63, 3.8) is 0 Å². The van der Waals surface area contributed by atoms with Gasteiger partial charge in [-0.3, -0.25) is 0 Å². The second-order valence-electron chi connectivity index (χ2n) is 2.15. The van der Waals surface area contributed by atoms with Crippen molar-refractivity contribution >= 4 is 27.3 Å². The summed E-state index contributed by atoms with van der Waals surface area (Å²) in [7, 11) is 0. The molecule has 0 unspecified atom stereocenters. The van der Waals surface area contributed by atoms with E-state index in [1.807, 2.05) is 5.38 Å². The van der Waals surface area contributed by atoms with Gasteiger partial charge in [0.25, 0.3) is 0 Å². The zero-order chi connectivity index (χ0) is 7.40. The van der Waals surface area contributed by atoms with Crippen LogP contribution in [0.2, 0.25) is 0 Å². The number of nitrogens with two attached hydrogens (primary N) is 1. The number of rotatable bonds is 0. The van der Waals surface area contributed by atoms with Crippen LogP contribution in [0.1, 0.15) is 12.8 Å². The average molecular weight is 221 g/mol. The first-order valence-electron chi connectivity index (χ1n) is 3.08. The third kappa shape index (κ3) is 3.98. The summed E-state index contributed by atoms with van der Waals surface area (Å²) in [6.45, 7) is 0. The van der Waals surface area contributed by atoms with Crippen molar-refractivity contribution in [3.05, 3.63) is 15.5 Å². The van der Waals surface area contributed by atoms with Gasteiger partial charge in [-0.2, -0.15) is 0 Å². The number of aromatic nitrogens is 1. The molecule has 4 heteroatoms.